The quantitative estimate of drug-likeness (QED) is 0.631. The number of rotatable bonds is 10. The highest BCUT2D eigenvalue weighted by Crippen LogP contribution is 2.25. The fraction of sp³-hybridized carbons (Fsp3) is 0.391. The van der Waals surface area contributed by atoms with Gasteiger partial charge in [-0.3, -0.25) is 9.59 Å². The maximum Gasteiger partial charge on any atom is 0.247 e. The SMILES string of the molecule is CCCCNC(=O)C(c1ccccc1)N(Cc1ccccc1)C(=O)CCC. The smallest absolute Gasteiger partial charge is 0.247 e. The average molecular weight is 367 g/mol. The molecule has 0 heterocycles. The molecule has 1 atom stereocenters. The van der Waals surface area contributed by atoms with Gasteiger partial charge < -0.3 is 10.2 Å². The minimum absolute atomic E-state index is 0.000785. The molecule has 2 rings (SSSR count). The molecule has 4 nitrogen and oxygen atoms in total. The molecule has 4 heteroatoms. The van der Waals surface area contributed by atoms with E-state index in [1.807, 2.05) is 67.6 Å². The molecule has 1 unspecified atom stereocenters. The molecule has 2 amide bonds. The first-order chi connectivity index (χ1) is 13.2. The highest BCUT2D eigenvalue weighted by molar-refractivity contribution is 5.88. The topological polar surface area (TPSA) is 49.4 Å². The molecule has 0 bridgehead atoms. The van der Waals surface area contributed by atoms with Crippen LogP contribution in [0.2, 0.25) is 0 Å². The van der Waals surface area contributed by atoms with Crippen molar-refractivity contribution in [1.29, 1.82) is 0 Å². The lowest BCUT2D eigenvalue weighted by atomic mass is 10.0. The van der Waals surface area contributed by atoms with Crippen molar-refractivity contribution in [1.82, 2.24) is 10.2 Å². The summed E-state index contributed by atoms with van der Waals surface area (Å²) in [5.41, 5.74) is 1.86. The minimum atomic E-state index is -0.623. The number of nitrogens with one attached hydrogen (secondary N) is 1. The molecule has 0 aliphatic carbocycles. The van der Waals surface area contributed by atoms with Crippen molar-refractivity contribution in [2.45, 2.75) is 52.1 Å². The lowest BCUT2D eigenvalue weighted by Gasteiger charge is -2.31. The summed E-state index contributed by atoms with van der Waals surface area (Å²) in [7, 11) is 0. The Hall–Kier alpha value is -2.62. The van der Waals surface area contributed by atoms with Crippen LogP contribution in [0, 0.1) is 0 Å². The molecule has 0 saturated heterocycles. The van der Waals surface area contributed by atoms with Gasteiger partial charge in [0.05, 0.1) is 0 Å². The van der Waals surface area contributed by atoms with E-state index in [-0.39, 0.29) is 11.8 Å². The predicted octanol–water partition coefficient (Wildman–Crippen LogP) is 4.47. The number of amides is 2. The molecular formula is C23H30N2O2. The Morgan fingerprint density at radius 1 is 0.926 bits per heavy atom. The maximum atomic E-state index is 13.1. The van der Waals surface area contributed by atoms with E-state index < -0.39 is 6.04 Å². The van der Waals surface area contributed by atoms with Crippen LogP contribution in [0.15, 0.2) is 60.7 Å². The van der Waals surface area contributed by atoms with Crippen LogP contribution in [0.3, 0.4) is 0 Å². The molecule has 2 aromatic carbocycles. The number of hydrogen-bond donors (Lipinski definition) is 1. The van der Waals surface area contributed by atoms with Gasteiger partial charge in [-0.15, -0.1) is 0 Å². The standard InChI is InChI=1S/C23H30N2O2/c1-3-5-17-24-23(27)22(20-15-10-7-11-16-20)25(21(26)12-4-2)18-19-13-8-6-9-14-19/h6-11,13-16,22H,3-5,12,17-18H2,1-2H3,(H,24,27). The Bertz CT molecular complexity index is 701. The van der Waals surface area contributed by atoms with Crippen LogP contribution in [0.25, 0.3) is 0 Å². The van der Waals surface area contributed by atoms with Gasteiger partial charge in [0.2, 0.25) is 11.8 Å². The summed E-state index contributed by atoms with van der Waals surface area (Å²) in [6.45, 7) is 5.12. The van der Waals surface area contributed by atoms with Crippen LogP contribution in [-0.2, 0) is 16.1 Å². The number of benzene rings is 2. The summed E-state index contributed by atoms with van der Waals surface area (Å²) in [5, 5.41) is 3.01. The molecule has 27 heavy (non-hydrogen) atoms. The van der Waals surface area contributed by atoms with Crippen LogP contribution >= 0.6 is 0 Å². The molecule has 0 aliphatic rings. The Kier molecular flexibility index (Phi) is 8.56. The summed E-state index contributed by atoms with van der Waals surface area (Å²) in [5.74, 6) is -0.115. The van der Waals surface area contributed by atoms with E-state index >= 15 is 0 Å². The second kappa shape index (κ2) is 11.2. The summed E-state index contributed by atoms with van der Waals surface area (Å²) in [6.07, 6.45) is 3.12. The van der Waals surface area contributed by atoms with Crippen LogP contribution in [0.1, 0.15) is 56.7 Å². The molecule has 0 spiro atoms. The van der Waals surface area contributed by atoms with E-state index in [0.29, 0.717) is 19.5 Å². The zero-order valence-corrected chi connectivity index (χ0v) is 16.4. The zero-order valence-electron chi connectivity index (χ0n) is 16.4. The maximum absolute atomic E-state index is 13.1. The normalized spacial score (nSPS) is 11.6. The van der Waals surface area contributed by atoms with Gasteiger partial charge in [0.25, 0.3) is 0 Å². The summed E-state index contributed by atoms with van der Waals surface area (Å²) < 4.78 is 0. The highest BCUT2D eigenvalue weighted by atomic mass is 16.2. The fourth-order valence-electron chi connectivity index (χ4n) is 3.05. The van der Waals surface area contributed by atoms with E-state index in [4.69, 9.17) is 0 Å². The number of carbonyl (C=O) groups excluding carboxylic acids is 2. The Morgan fingerprint density at radius 2 is 1.56 bits per heavy atom. The zero-order chi connectivity index (χ0) is 19.5. The lowest BCUT2D eigenvalue weighted by Crippen LogP contribution is -2.43. The molecular weight excluding hydrogens is 336 g/mol. The van der Waals surface area contributed by atoms with Crippen molar-refractivity contribution in [2.75, 3.05) is 6.54 Å². The molecule has 0 saturated carbocycles. The molecule has 0 radical (unpaired) electrons. The highest BCUT2D eigenvalue weighted by Gasteiger charge is 2.30. The monoisotopic (exact) mass is 366 g/mol. The number of hydrogen-bond acceptors (Lipinski definition) is 2. The number of carbonyl (C=O) groups is 2. The Balaban J connectivity index is 2.35. The van der Waals surface area contributed by atoms with Crippen LogP contribution < -0.4 is 5.32 Å². The van der Waals surface area contributed by atoms with Crippen LogP contribution in [0.4, 0.5) is 0 Å². The second-order valence-corrected chi connectivity index (χ2v) is 6.72. The van der Waals surface area contributed by atoms with Crippen molar-refractivity contribution in [2.24, 2.45) is 0 Å². The van der Waals surface area contributed by atoms with Crippen molar-refractivity contribution >= 4 is 11.8 Å². The third kappa shape index (κ3) is 6.24. The van der Waals surface area contributed by atoms with Crippen molar-refractivity contribution < 1.29 is 9.59 Å². The Morgan fingerprint density at radius 3 is 2.15 bits per heavy atom. The first kappa shape index (κ1) is 20.7. The Labute approximate surface area is 162 Å². The van der Waals surface area contributed by atoms with Crippen LogP contribution in [-0.4, -0.2) is 23.3 Å². The van der Waals surface area contributed by atoms with E-state index in [1.54, 1.807) is 4.90 Å². The summed E-state index contributed by atoms with van der Waals surface area (Å²) in [6, 6.07) is 18.8. The van der Waals surface area contributed by atoms with Crippen LogP contribution in [0.5, 0.6) is 0 Å². The molecule has 2 aromatic rings. The molecule has 0 aliphatic heterocycles. The van der Waals surface area contributed by atoms with E-state index in [9.17, 15) is 9.59 Å². The largest absolute Gasteiger partial charge is 0.354 e. The third-order valence-corrected chi connectivity index (χ3v) is 4.48. The fourth-order valence-corrected chi connectivity index (χ4v) is 3.05. The van der Waals surface area contributed by atoms with Gasteiger partial charge in [0.15, 0.2) is 0 Å². The molecule has 1 N–H and O–H groups in total. The van der Waals surface area contributed by atoms with Gasteiger partial charge in [-0.05, 0) is 24.0 Å². The first-order valence-corrected chi connectivity index (χ1v) is 9.83. The van der Waals surface area contributed by atoms with Crippen molar-refractivity contribution in [3.8, 4) is 0 Å². The van der Waals surface area contributed by atoms with Gasteiger partial charge in [-0.1, -0.05) is 80.9 Å². The molecule has 0 aromatic heterocycles. The third-order valence-electron chi connectivity index (χ3n) is 4.48. The molecule has 0 fully saturated rings. The van der Waals surface area contributed by atoms with E-state index in [0.717, 1.165) is 30.4 Å². The number of nitrogens with zero attached hydrogens (tertiary/aromatic N) is 1. The molecule has 144 valence electrons. The number of unbranched alkanes of at least 4 members (excludes halogenated alkanes) is 1. The van der Waals surface area contributed by atoms with Gasteiger partial charge >= 0.3 is 0 Å². The van der Waals surface area contributed by atoms with Crippen molar-refractivity contribution in [3.63, 3.8) is 0 Å². The van der Waals surface area contributed by atoms with E-state index in [2.05, 4.69) is 12.2 Å². The van der Waals surface area contributed by atoms with E-state index in [1.165, 1.54) is 0 Å². The second-order valence-electron chi connectivity index (χ2n) is 6.72. The van der Waals surface area contributed by atoms with Crippen molar-refractivity contribution in [3.05, 3.63) is 71.8 Å². The van der Waals surface area contributed by atoms with Gasteiger partial charge in [0.1, 0.15) is 6.04 Å². The average Bonchev–Trinajstić information content (AvgIpc) is 2.69. The predicted molar refractivity (Wildman–Crippen MR) is 109 cm³/mol. The minimum Gasteiger partial charge on any atom is -0.354 e. The lowest BCUT2D eigenvalue weighted by molar-refractivity contribution is -0.141. The van der Waals surface area contributed by atoms with Gasteiger partial charge in [-0.2, -0.15) is 0 Å². The summed E-state index contributed by atoms with van der Waals surface area (Å²) >= 11 is 0. The van der Waals surface area contributed by atoms with Gasteiger partial charge in [-0.25, -0.2) is 0 Å². The summed E-state index contributed by atoms with van der Waals surface area (Å²) in [4.78, 5) is 27.7. The first-order valence-electron chi connectivity index (χ1n) is 9.83. The van der Waals surface area contributed by atoms with Gasteiger partial charge in [0, 0.05) is 19.5 Å².